The SMILES string of the molecule is O=C(O)/C=C/c1ccnc(NC(=O)c2sccc2Cl)c1. The van der Waals surface area contributed by atoms with E-state index in [-0.39, 0.29) is 5.91 Å². The summed E-state index contributed by atoms with van der Waals surface area (Å²) in [6, 6.07) is 4.84. The summed E-state index contributed by atoms with van der Waals surface area (Å²) in [5, 5.41) is 13.3. The number of aromatic nitrogens is 1. The van der Waals surface area contributed by atoms with Gasteiger partial charge in [0.25, 0.3) is 5.91 Å². The van der Waals surface area contributed by atoms with Gasteiger partial charge >= 0.3 is 5.97 Å². The number of aliphatic carboxylic acids is 1. The van der Waals surface area contributed by atoms with E-state index in [0.717, 1.165) is 6.08 Å². The van der Waals surface area contributed by atoms with Gasteiger partial charge in [0.2, 0.25) is 0 Å². The summed E-state index contributed by atoms with van der Waals surface area (Å²) in [5.74, 6) is -1.07. The largest absolute Gasteiger partial charge is 0.478 e. The second-order valence-electron chi connectivity index (χ2n) is 3.70. The standard InChI is InChI=1S/C13H9ClN2O3S/c14-9-4-6-20-12(9)13(19)16-10-7-8(3-5-15-10)1-2-11(17)18/h1-7H,(H,17,18)(H,15,16,19)/b2-1+. The highest BCUT2D eigenvalue weighted by molar-refractivity contribution is 7.12. The maximum absolute atomic E-state index is 11.9. The van der Waals surface area contributed by atoms with Gasteiger partial charge in [0.05, 0.1) is 5.02 Å². The molecular weight excluding hydrogens is 300 g/mol. The van der Waals surface area contributed by atoms with Crippen LogP contribution in [0.3, 0.4) is 0 Å². The molecule has 2 aromatic rings. The summed E-state index contributed by atoms with van der Waals surface area (Å²) >= 11 is 7.10. The van der Waals surface area contributed by atoms with Crippen molar-refractivity contribution in [2.75, 3.05) is 5.32 Å². The van der Waals surface area contributed by atoms with Crippen LogP contribution in [-0.2, 0) is 4.79 Å². The van der Waals surface area contributed by atoms with Gasteiger partial charge in [0.15, 0.2) is 0 Å². The Morgan fingerprint density at radius 2 is 2.20 bits per heavy atom. The van der Waals surface area contributed by atoms with Crippen LogP contribution in [0, 0.1) is 0 Å². The average molecular weight is 309 g/mol. The molecule has 5 nitrogen and oxygen atoms in total. The van der Waals surface area contributed by atoms with Gasteiger partial charge in [-0.05, 0) is 35.2 Å². The van der Waals surface area contributed by atoms with Gasteiger partial charge in [-0.25, -0.2) is 9.78 Å². The number of carboxylic acids is 1. The number of amides is 1. The Bertz CT molecular complexity index is 682. The van der Waals surface area contributed by atoms with Crippen LogP contribution in [0.1, 0.15) is 15.2 Å². The van der Waals surface area contributed by atoms with Crippen LogP contribution in [0.25, 0.3) is 6.08 Å². The van der Waals surface area contributed by atoms with Crippen LogP contribution in [0.4, 0.5) is 5.82 Å². The third-order valence-electron chi connectivity index (χ3n) is 2.27. The molecule has 0 aliphatic carbocycles. The smallest absolute Gasteiger partial charge is 0.328 e. The van der Waals surface area contributed by atoms with Crippen molar-refractivity contribution < 1.29 is 14.7 Å². The van der Waals surface area contributed by atoms with Gasteiger partial charge in [-0.2, -0.15) is 0 Å². The van der Waals surface area contributed by atoms with E-state index in [1.165, 1.54) is 23.6 Å². The normalized spacial score (nSPS) is 10.7. The molecule has 0 aromatic carbocycles. The summed E-state index contributed by atoms with van der Waals surface area (Å²) in [7, 11) is 0. The number of hydrogen-bond donors (Lipinski definition) is 2. The van der Waals surface area contributed by atoms with Crippen molar-refractivity contribution in [2.24, 2.45) is 0 Å². The van der Waals surface area contributed by atoms with Gasteiger partial charge in [0.1, 0.15) is 10.7 Å². The van der Waals surface area contributed by atoms with Crippen LogP contribution in [0.2, 0.25) is 5.02 Å². The molecule has 0 unspecified atom stereocenters. The zero-order valence-corrected chi connectivity index (χ0v) is 11.6. The van der Waals surface area contributed by atoms with E-state index in [2.05, 4.69) is 10.3 Å². The summed E-state index contributed by atoms with van der Waals surface area (Å²) in [6.45, 7) is 0. The third-order valence-corrected chi connectivity index (χ3v) is 3.61. The van der Waals surface area contributed by atoms with Gasteiger partial charge in [-0.1, -0.05) is 11.6 Å². The minimum absolute atomic E-state index is 0.326. The summed E-state index contributed by atoms with van der Waals surface area (Å²) < 4.78 is 0. The summed E-state index contributed by atoms with van der Waals surface area (Å²) in [6.07, 6.45) is 3.90. The molecule has 0 atom stereocenters. The first-order valence-corrected chi connectivity index (χ1v) is 6.73. The lowest BCUT2D eigenvalue weighted by atomic mass is 10.2. The zero-order valence-electron chi connectivity index (χ0n) is 10.0. The first kappa shape index (κ1) is 14.2. The molecule has 0 bridgehead atoms. The molecular formula is C13H9ClN2O3S. The van der Waals surface area contributed by atoms with E-state index < -0.39 is 5.97 Å². The molecule has 1 amide bonds. The Kier molecular flexibility index (Phi) is 4.49. The predicted molar refractivity (Wildman–Crippen MR) is 78.2 cm³/mol. The fourth-order valence-electron chi connectivity index (χ4n) is 1.42. The van der Waals surface area contributed by atoms with Crippen molar-refractivity contribution in [3.05, 3.63) is 51.3 Å². The summed E-state index contributed by atoms with van der Waals surface area (Å²) in [4.78, 5) is 26.8. The number of anilines is 1. The monoisotopic (exact) mass is 308 g/mol. The topological polar surface area (TPSA) is 79.3 Å². The van der Waals surface area contributed by atoms with E-state index in [1.54, 1.807) is 23.6 Å². The van der Waals surface area contributed by atoms with Crippen LogP contribution in [0.5, 0.6) is 0 Å². The Balaban J connectivity index is 2.14. The number of thiophene rings is 1. The molecule has 0 aliphatic rings. The van der Waals surface area contributed by atoms with Gasteiger partial charge in [-0.3, -0.25) is 4.79 Å². The Morgan fingerprint density at radius 3 is 2.85 bits per heavy atom. The third kappa shape index (κ3) is 3.66. The molecule has 0 aliphatic heterocycles. The van der Waals surface area contributed by atoms with Crippen LogP contribution >= 0.6 is 22.9 Å². The molecule has 0 saturated carbocycles. The van der Waals surface area contributed by atoms with E-state index in [0.29, 0.717) is 21.3 Å². The number of pyridine rings is 1. The van der Waals surface area contributed by atoms with Crippen molar-refractivity contribution in [3.8, 4) is 0 Å². The highest BCUT2D eigenvalue weighted by Crippen LogP contribution is 2.23. The Morgan fingerprint density at radius 1 is 1.40 bits per heavy atom. The highest BCUT2D eigenvalue weighted by atomic mass is 35.5. The quantitative estimate of drug-likeness (QED) is 0.850. The average Bonchev–Trinajstić information content (AvgIpc) is 2.83. The summed E-state index contributed by atoms with van der Waals surface area (Å²) in [5.41, 5.74) is 0.620. The number of rotatable bonds is 4. The second-order valence-corrected chi connectivity index (χ2v) is 5.02. The molecule has 7 heteroatoms. The fraction of sp³-hybridized carbons (Fsp3) is 0. The predicted octanol–water partition coefficient (Wildman–Crippen LogP) is 3.15. The number of carboxylic acid groups (broad SMARTS) is 1. The van der Waals surface area contributed by atoms with Crippen molar-refractivity contribution in [1.82, 2.24) is 4.98 Å². The number of carbonyl (C=O) groups is 2. The maximum atomic E-state index is 11.9. The second kappa shape index (κ2) is 6.31. The van der Waals surface area contributed by atoms with Crippen molar-refractivity contribution in [2.45, 2.75) is 0 Å². The molecule has 0 radical (unpaired) electrons. The molecule has 0 spiro atoms. The van der Waals surface area contributed by atoms with Crippen molar-refractivity contribution in [1.29, 1.82) is 0 Å². The first-order chi connectivity index (χ1) is 9.56. The lowest BCUT2D eigenvalue weighted by Gasteiger charge is -2.03. The van der Waals surface area contributed by atoms with E-state index in [9.17, 15) is 9.59 Å². The number of nitrogens with zero attached hydrogens (tertiary/aromatic N) is 1. The highest BCUT2D eigenvalue weighted by Gasteiger charge is 2.12. The van der Waals surface area contributed by atoms with Crippen molar-refractivity contribution >= 4 is 46.7 Å². The van der Waals surface area contributed by atoms with Gasteiger partial charge < -0.3 is 10.4 Å². The Labute approximate surface area is 123 Å². The molecule has 20 heavy (non-hydrogen) atoms. The number of halogens is 1. The minimum atomic E-state index is -1.04. The van der Waals surface area contributed by atoms with E-state index in [1.807, 2.05) is 0 Å². The molecule has 0 saturated heterocycles. The minimum Gasteiger partial charge on any atom is -0.478 e. The van der Waals surface area contributed by atoms with E-state index >= 15 is 0 Å². The molecule has 2 rings (SSSR count). The van der Waals surface area contributed by atoms with Crippen LogP contribution in [0.15, 0.2) is 35.9 Å². The number of carbonyl (C=O) groups excluding carboxylic acids is 1. The molecule has 102 valence electrons. The van der Waals surface area contributed by atoms with Gasteiger partial charge in [0, 0.05) is 12.3 Å². The van der Waals surface area contributed by atoms with Gasteiger partial charge in [-0.15, -0.1) is 11.3 Å². The Hall–Kier alpha value is -2.18. The fourth-order valence-corrected chi connectivity index (χ4v) is 2.45. The first-order valence-electron chi connectivity index (χ1n) is 5.47. The number of hydrogen-bond acceptors (Lipinski definition) is 4. The van der Waals surface area contributed by atoms with Crippen LogP contribution < -0.4 is 5.32 Å². The molecule has 2 N–H and O–H groups in total. The lowest BCUT2D eigenvalue weighted by molar-refractivity contribution is -0.131. The maximum Gasteiger partial charge on any atom is 0.328 e. The number of nitrogens with one attached hydrogen (secondary N) is 1. The van der Waals surface area contributed by atoms with E-state index in [4.69, 9.17) is 16.7 Å². The van der Waals surface area contributed by atoms with Crippen LogP contribution in [-0.4, -0.2) is 22.0 Å². The molecule has 2 heterocycles. The molecule has 2 aromatic heterocycles. The lowest BCUT2D eigenvalue weighted by Crippen LogP contribution is -2.11. The molecule has 0 fully saturated rings. The zero-order chi connectivity index (χ0) is 14.5. The van der Waals surface area contributed by atoms with Crippen molar-refractivity contribution in [3.63, 3.8) is 0 Å².